The Kier molecular flexibility index (Phi) is 4.13. The van der Waals surface area contributed by atoms with Crippen LogP contribution in [-0.2, 0) is 6.54 Å². The summed E-state index contributed by atoms with van der Waals surface area (Å²) in [6.07, 6.45) is 2.48. The highest BCUT2D eigenvalue weighted by atomic mass is 16.2. The molecule has 2 aromatic rings. The van der Waals surface area contributed by atoms with Gasteiger partial charge in [0.2, 0.25) is 0 Å². The average Bonchev–Trinajstić information content (AvgIpc) is 3.31. The number of hydrogen-bond donors (Lipinski definition) is 2. The molecule has 1 aliphatic rings. The summed E-state index contributed by atoms with van der Waals surface area (Å²) in [6, 6.07) is 9.93. The van der Waals surface area contributed by atoms with Crippen molar-refractivity contribution in [1.82, 2.24) is 20.4 Å². The van der Waals surface area contributed by atoms with Gasteiger partial charge in [0.15, 0.2) is 0 Å². The van der Waals surface area contributed by atoms with Crippen LogP contribution in [0.5, 0.6) is 0 Å². The SMILES string of the molecule is Cc1nn(-c2ccccc2)c(C)c1CNC(=O)NCC1CC1. The summed E-state index contributed by atoms with van der Waals surface area (Å²) in [5.41, 5.74) is 4.12. The van der Waals surface area contributed by atoms with E-state index >= 15 is 0 Å². The zero-order chi connectivity index (χ0) is 15.5. The summed E-state index contributed by atoms with van der Waals surface area (Å²) < 4.78 is 1.93. The highest BCUT2D eigenvalue weighted by Gasteiger charge is 2.21. The molecule has 1 fully saturated rings. The molecule has 0 aliphatic heterocycles. The van der Waals surface area contributed by atoms with Crippen LogP contribution in [0.3, 0.4) is 0 Å². The fourth-order valence-electron chi connectivity index (χ4n) is 2.54. The van der Waals surface area contributed by atoms with Crippen LogP contribution in [0.2, 0.25) is 0 Å². The summed E-state index contributed by atoms with van der Waals surface area (Å²) in [5.74, 6) is 0.690. The minimum Gasteiger partial charge on any atom is -0.338 e. The highest BCUT2D eigenvalue weighted by molar-refractivity contribution is 5.73. The third kappa shape index (κ3) is 3.30. The summed E-state index contributed by atoms with van der Waals surface area (Å²) in [7, 11) is 0. The molecule has 5 heteroatoms. The van der Waals surface area contributed by atoms with Gasteiger partial charge in [-0.05, 0) is 44.7 Å². The molecule has 1 aromatic carbocycles. The molecule has 1 heterocycles. The molecule has 2 amide bonds. The predicted octanol–water partition coefficient (Wildman–Crippen LogP) is 2.70. The molecule has 1 aliphatic carbocycles. The van der Waals surface area contributed by atoms with E-state index in [1.165, 1.54) is 12.8 Å². The number of para-hydroxylation sites is 1. The molecule has 0 bridgehead atoms. The lowest BCUT2D eigenvalue weighted by Gasteiger charge is -2.08. The van der Waals surface area contributed by atoms with Crippen LogP contribution < -0.4 is 10.6 Å². The number of rotatable bonds is 5. The van der Waals surface area contributed by atoms with Gasteiger partial charge < -0.3 is 10.6 Å². The number of amides is 2. The van der Waals surface area contributed by atoms with E-state index in [0.717, 1.165) is 29.2 Å². The van der Waals surface area contributed by atoms with Gasteiger partial charge in [0, 0.05) is 24.3 Å². The van der Waals surface area contributed by atoms with Crippen LogP contribution in [0.15, 0.2) is 30.3 Å². The molecule has 3 rings (SSSR count). The minimum atomic E-state index is -0.0989. The number of aromatic nitrogens is 2. The Bertz CT molecular complexity index is 659. The van der Waals surface area contributed by atoms with E-state index in [2.05, 4.69) is 15.7 Å². The smallest absolute Gasteiger partial charge is 0.315 e. The van der Waals surface area contributed by atoms with Crippen molar-refractivity contribution in [3.63, 3.8) is 0 Å². The number of urea groups is 1. The summed E-state index contributed by atoms with van der Waals surface area (Å²) in [5, 5.41) is 10.4. The lowest BCUT2D eigenvalue weighted by Crippen LogP contribution is -2.36. The molecule has 0 atom stereocenters. The Hall–Kier alpha value is -2.30. The zero-order valence-electron chi connectivity index (χ0n) is 13.1. The van der Waals surface area contributed by atoms with Gasteiger partial charge in [-0.3, -0.25) is 0 Å². The second kappa shape index (κ2) is 6.22. The van der Waals surface area contributed by atoms with Gasteiger partial charge in [-0.1, -0.05) is 18.2 Å². The topological polar surface area (TPSA) is 59.0 Å². The van der Waals surface area contributed by atoms with Crippen molar-refractivity contribution < 1.29 is 4.79 Å². The third-order valence-corrected chi connectivity index (χ3v) is 4.12. The van der Waals surface area contributed by atoms with Crippen LogP contribution in [0.1, 0.15) is 29.8 Å². The number of nitrogens with one attached hydrogen (secondary N) is 2. The molecule has 1 aromatic heterocycles. The first kappa shape index (κ1) is 14.6. The second-order valence-corrected chi connectivity index (χ2v) is 5.90. The molecule has 0 saturated heterocycles. The van der Waals surface area contributed by atoms with Crippen molar-refractivity contribution >= 4 is 6.03 Å². The monoisotopic (exact) mass is 298 g/mol. The number of aryl methyl sites for hydroxylation is 1. The van der Waals surface area contributed by atoms with Gasteiger partial charge in [0.05, 0.1) is 11.4 Å². The zero-order valence-corrected chi connectivity index (χ0v) is 13.1. The minimum absolute atomic E-state index is 0.0989. The molecular formula is C17H22N4O. The highest BCUT2D eigenvalue weighted by Crippen LogP contribution is 2.27. The lowest BCUT2D eigenvalue weighted by molar-refractivity contribution is 0.240. The number of nitrogens with zero attached hydrogens (tertiary/aromatic N) is 2. The van der Waals surface area contributed by atoms with Crippen molar-refractivity contribution in [3.05, 3.63) is 47.3 Å². The number of carbonyl (C=O) groups excluding carboxylic acids is 1. The summed E-state index contributed by atoms with van der Waals surface area (Å²) >= 11 is 0. The van der Waals surface area contributed by atoms with E-state index in [1.807, 2.05) is 48.9 Å². The Morgan fingerprint density at radius 1 is 1.23 bits per heavy atom. The Morgan fingerprint density at radius 2 is 1.95 bits per heavy atom. The largest absolute Gasteiger partial charge is 0.338 e. The van der Waals surface area contributed by atoms with Crippen LogP contribution in [0.4, 0.5) is 4.79 Å². The second-order valence-electron chi connectivity index (χ2n) is 5.90. The van der Waals surface area contributed by atoms with E-state index in [9.17, 15) is 4.79 Å². The number of benzene rings is 1. The Morgan fingerprint density at radius 3 is 2.64 bits per heavy atom. The van der Waals surface area contributed by atoms with Crippen LogP contribution >= 0.6 is 0 Å². The molecule has 5 nitrogen and oxygen atoms in total. The fraction of sp³-hybridized carbons (Fsp3) is 0.412. The summed E-state index contributed by atoms with van der Waals surface area (Å²) in [4.78, 5) is 11.8. The number of hydrogen-bond acceptors (Lipinski definition) is 2. The average molecular weight is 298 g/mol. The molecule has 0 radical (unpaired) electrons. The first-order valence-electron chi connectivity index (χ1n) is 7.77. The molecule has 0 spiro atoms. The standard InChI is InChI=1S/C17H22N4O/c1-12-16(11-19-17(22)18-10-14-8-9-14)13(2)21(20-12)15-6-4-3-5-7-15/h3-7,14H,8-11H2,1-2H3,(H2,18,19,22). The van der Waals surface area contributed by atoms with Gasteiger partial charge in [0.1, 0.15) is 0 Å². The first-order chi connectivity index (χ1) is 10.6. The van der Waals surface area contributed by atoms with Crippen LogP contribution in [-0.4, -0.2) is 22.4 Å². The predicted molar refractivity (Wildman–Crippen MR) is 86.0 cm³/mol. The van der Waals surface area contributed by atoms with Crippen molar-refractivity contribution in [2.75, 3.05) is 6.54 Å². The van der Waals surface area contributed by atoms with Gasteiger partial charge in [-0.2, -0.15) is 5.10 Å². The van der Waals surface area contributed by atoms with E-state index in [4.69, 9.17) is 0 Å². The van der Waals surface area contributed by atoms with Crippen molar-refractivity contribution in [1.29, 1.82) is 0 Å². The molecule has 1 saturated carbocycles. The molecule has 0 unspecified atom stereocenters. The van der Waals surface area contributed by atoms with E-state index in [1.54, 1.807) is 0 Å². The van der Waals surface area contributed by atoms with Gasteiger partial charge in [-0.15, -0.1) is 0 Å². The first-order valence-corrected chi connectivity index (χ1v) is 7.77. The third-order valence-electron chi connectivity index (χ3n) is 4.12. The maximum Gasteiger partial charge on any atom is 0.315 e. The van der Waals surface area contributed by atoms with Gasteiger partial charge >= 0.3 is 6.03 Å². The Balaban J connectivity index is 1.66. The molecule has 22 heavy (non-hydrogen) atoms. The quantitative estimate of drug-likeness (QED) is 0.891. The van der Waals surface area contributed by atoms with Crippen molar-refractivity contribution in [3.8, 4) is 5.69 Å². The maximum atomic E-state index is 11.8. The van der Waals surface area contributed by atoms with Crippen LogP contribution in [0, 0.1) is 19.8 Å². The maximum absolute atomic E-state index is 11.8. The van der Waals surface area contributed by atoms with Gasteiger partial charge in [0.25, 0.3) is 0 Å². The fourth-order valence-corrected chi connectivity index (χ4v) is 2.54. The molecular weight excluding hydrogens is 276 g/mol. The van der Waals surface area contributed by atoms with Crippen molar-refractivity contribution in [2.24, 2.45) is 5.92 Å². The normalized spacial score (nSPS) is 13.9. The van der Waals surface area contributed by atoms with E-state index < -0.39 is 0 Å². The molecule has 116 valence electrons. The van der Waals surface area contributed by atoms with Crippen molar-refractivity contribution in [2.45, 2.75) is 33.2 Å². The lowest BCUT2D eigenvalue weighted by atomic mass is 10.2. The summed E-state index contributed by atoms with van der Waals surface area (Å²) in [6.45, 7) is 5.30. The van der Waals surface area contributed by atoms with E-state index in [0.29, 0.717) is 12.5 Å². The van der Waals surface area contributed by atoms with E-state index in [-0.39, 0.29) is 6.03 Å². The molecule has 2 N–H and O–H groups in total. The van der Waals surface area contributed by atoms with Crippen LogP contribution in [0.25, 0.3) is 5.69 Å². The number of carbonyl (C=O) groups is 1. The van der Waals surface area contributed by atoms with Gasteiger partial charge in [-0.25, -0.2) is 9.48 Å². The Labute approximate surface area is 130 Å².